The zero-order valence-electron chi connectivity index (χ0n) is 19.9. The van der Waals surface area contributed by atoms with Crippen LogP contribution in [0.2, 0.25) is 0 Å². The quantitative estimate of drug-likeness (QED) is 0.584. The number of hydrogen-bond donors (Lipinski definition) is 3. The van der Waals surface area contributed by atoms with E-state index in [4.69, 9.17) is 4.74 Å². The third-order valence-electron chi connectivity index (χ3n) is 11.1. The molecule has 4 aliphatic carbocycles. The SMILES string of the molecule is CC(=O)[C@@]1(O)CC[C@H]2[C@@H]3C[C@H](O)[C@H]4C[C@]5(CC[C@]4(C)[C@H]3CC[C@@]21C)OCC(C)(C)N5O. The highest BCUT2D eigenvalue weighted by Gasteiger charge is 2.69. The Morgan fingerprint density at radius 3 is 2.29 bits per heavy atom. The third-order valence-corrected chi connectivity index (χ3v) is 11.1. The lowest BCUT2D eigenvalue weighted by molar-refractivity contribution is -0.292. The molecule has 0 aromatic rings. The monoisotopic (exact) mass is 435 g/mol. The van der Waals surface area contributed by atoms with Gasteiger partial charge in [-0.3, -0.25) is 4.79 Å². The Hall–Kier alpha value is -0.530. The topological polar surface area (TPSA) is 90.2 Å². The predicted octanol–water partition coefficient (Wildman–Crippen LogP) is 3.52. The van der Waals surface area contributed by atoms with E-state index in [0.29, 0.717) is 31.3 Å². The largest absolute Gasteiger partial charge is 0.393 e. The molecule has 31 heavy (non-hydrogen) atoms. The van der Waals surface area contributed by atoms with Gasteiger partial charge in [0.2, 0.25) is 0 Å². The third kappa shape index (κ3) is 2.66. The van der Waals surface area contributed by atoms with E-state index in [-0.39, 0.29) is 28.4 Å². The molecule has 5 fully saturated rings. The fourth-order valence-electron chi connectivity index (χ4n) is 9.15. The van der Waals surface area contributed by atoms with Crippen LogP contribution < -0.4 is 0 Å². The van der Waals surface area contributed by atoms with E-state index in [0.717, 1.165) is 38.5 Å². The normalized spacial score (nSPS) is 56.2. The van der Waals surface area contributed by atoms with E-state index in [1.807, 2.05) is 13.8 Å². The molecular weight excluding hydrogens is 394 g/mol. The molecule has 4 saturated carbocycles. The summed E-state index contributed by atoms with van der Waals surface area (Å²) in [6, 6.07) is 0. The number of hydrogen-bond acceptors (Lipinski definition) is 6. The summed E-state index contributed by atoms with van der Waals surface area (Å²) < 4.78 is 6.22. The van der Waals surface area contributed by atoms with Crippen molar-refractivity contribution in [2.45, 2.75) is 109 Å². The lowest BCUT2D eigenvalue weighted by Crippen LogP contribution is -2.64. The van der Waals surface area contributed by atoms with Gasteiger partial charge in [0.1, 0.15) is 11.3 Å². The van der Waals surface area contributed by atoms with Gasteiger partial charge in [-0.1, -0.05) is 13.8 Å². The van der Waals surface area contributed by atoms with E-state index in [9.17, 15) is 20.2 Å². The fraction of sp³-hybridized carbons (Fsp3) is 0.960. The number of hydroxylamine groups is 2. The van der Waals surface area contributed by atoms with Crippen molar-refractivity contribution in [3.05, 3.63) is 0 Å². The first-order chi connectivity index (χ1) is 14.3. The summed E-state index contributed by atoms with van der Waals surface area (Å²) in [6.45, 7) is 10.5. The molecule has 0 amide bonds. The molecule has 0 radical (unpaired) electrons. The maximum atomic E-state index is 12.4. The zero-order valence-corrected chi connectivity index (χ0v) is 19.9. The first kappa shape index (κ1) is 22.3. The van der Waals surface area contributed by atoms with Crippen molar-refractivity contribution in [1.82, 2.24) is 5.06 Å². The molecule has 1 spiro atoms. The molecule has 0 unspecified atom stereocenters. The minimum atomic E-state index is -1.22. The lowest BCUT2D eigenvalue weighted by atomic mass is 9.43. The summed E-state index contributed by atoms with van der Waals surface area (Å²) >= 11 is 0. The summed E-state index contributed by atoms with van der Waals surface area (Å²) in [7, 11) is 0. The summed E-state index contributed by atoms with van der Waals surface area (Å²) in [6.07, 6.45) is 5.91. The van der Waals surface area contributed by atoms with Crippen molar-refractivity contribution < 1.29 is 25.0 Å². The number of carbonyl (C=O) groups is 1. The molecule has 1 saturated heterocycles. The Morgan fingerprint density at radius 2 is 1.68 bits per heavy atom. The number of rotatable bonds is 1. The Kier molecular flexibility index (Phi) is 4.69. The molecule has 0 bridgehead atoms. The van der Waals surface area contributed by atoms with Gasteiger partial charge in [0.05, 0.1) is 18.2 Å². The number of carbonyl (C=O) groups excluding carboxylic acids is 1. The second-order valence-electron chi connectivity index (χ2n) is 12.8. The Morgan fingerprint density at radius 1 is 1.00 bits per heavy atom. The highest BCUT2D eigenvalue weighted by atomic mass is 16.6. The maximum absolute atomic E-state index is 12.4. The number of aliphatic hydroxyl groups excluding tert-OH is 1. The van der Waals surface area contributed by atoms with E-state index in [1.165, 1.54) is 12.0 Å². The van der Waals surface area contributed by atoms with Crippen molar-refractivity contribution in [3.8, 4) is 0 Å². The standard InChI is InChI=1S/C25H41NO5/c1-15(27)25(29)9-7-18-16-12-20(28)19-13-24(26(30)21(2,3)14-31-24)11-10-22(19,4)17(16)6-8-23(18,25)5/h16-20,28-30H,6-14H2,1-5H3/t16-,17+,18+,19-,20+,22-,23+,24+,25+/m1/s1. The van der Waals surface area contributed by atoms with Crippen LogP contribution in [0.4, 0.5) is 0 Å². The second kappa shape index (κ2) is 6.53. The van der Waals surface area contributed by atoms with Crippen LogP contribution in [0.1, 0.15) is 86.0 Å². The predicted molar refractivity (Wildman–Crippen MR) is 115 cm³/mol. The Balaban J connectivity index is 1.44. The fourth-order valence-corrected chi connectivity index (χ4v) is 9.15. The molecule has 0 aromatic heterocycles. The molecule has 6 nitrogen and oxygen atoms in total. The van der Waals surface area contributed by atoms with Crippen LogP contribution in [0.25, 0.3) is 0 Å². The van der Waals surface area contributed by atoms with Crippen LogP contribution in [-0.2, 0) is 9.53 Å². The average molecular weight is 436 g/mol. The highest BCUT2D eigenvalue weighted by Crippen LogP contribution is 2.69. The Bertz CT molecular complexity index is 786. The summed E-state index contributed by atoms with van der Waals surface area (Å²) in [5, 5.41) is 35.1. The molecule has 1 heterocycles. The average Bonchev–Trinajstić information content (AvgIpc) is 3.10. The molecule has 0 aromatic carbocycles. The van der Waals surface area contributed by atoms with Gasteiger partial charge in [0.25, 0.3) is 0 Å². The first-order valence-corrected chi connectivity index (χ1v) is 12.4. The number of aliphatic hydroxyl groups is 2. The number of nitrogens with zero attached hydrogens (tertiary/aromatic N) is 1. The highest BCUT2D eigenvalue weighted by molar-refractivity contribution is 5.86. The van der Waals surface area contributed by atoms with Crippen molar-refractivity contribution in [2.75, 3.05) is 6.61 Å². The molecule has 1 aliphatic heterocycles. The van der Waals surface area contributed by atoms with Crippen molar-refractivity contribution in [3.63, 3.8) is 0 Å². The minimum absolute atomic E-state index is 0.0111. The summed E-state index contributed by atoms with van der Waals surface area (Å²) in [5.41, 5.74) is -2.72. The smallest absolute Gasteiger partial charge is 0.161 e. The molecule has 6 heteroatoms. The molecule has 3 N–H and O–H groups in total. The van der Waals surface area contributed by atoms with E-state index >= 15 is 0 Å². The maximum Gasteiger partial charge on any atom is 0.161 e. The lowest BCUT2D eigenvalue weighted by Gasteiger charge is -2.64. The Labute approximate surface area is 186 Å². The van der Waals surface area contributed by atoms with Crippen LogP contribution in [-0.4, -0.2) is 55.8 Å². The van der Waals surface area contributed by atoms with Crippen LogP contribution in [0.15, 0.2) is 0 Å². The van der Waals surface area contributed by atoms with Crippen molar-refractivity contribution in [1.29, 1.82) is 0 Å². The summed E-state index contributed by atoms with van der Waals surface area (Å²) in [4.78, 5) is 12.4. The molecular formula is C25H41NO5. The molecule has 5 aliphatic rings. The van der Waals surface area contributed by atoms with Gasteiger partial charge >= 0.3 is 0 Å². The van der Waals surface area contributed by atoms with Crippen LogP contribution >= 0.6 is 0 Å². The van der Waals surface area contributed by atoms with Gasteiger partial charge in [-0.05, 0) is 101 Å². The number of Topliss-reactive ketones (excluding diaryl/α,β-unsaturated/α-hetero) is 1. The first-order valence-electron chi connectivity index (χ1n) is 12.4. The van der Waals surface area contributed by atoms with Gasteiger partial charge in [-0.15, -0.1) is 0 Å². The van der Waals surface area contributed by atoms with E-state index in [2.05, 4.69) is 13.8 Å². The molecule has 9 atom stereocenters. The molecule has 5 rings (SSSR count). The minimum Gasteiger partial charge on any atom is -0.393 e. The van der Waals surface area contributed by atoms with Crippen molar-refractivity contribution >= 4 is 5.78 Å². The van der Waals surface area contributed by atoms with Crippen LogP contribution in [0.5, 0.6) is 0 Å². The van der Waals surface area contributed by atoms with Gasteiger partial charge in [-0.25, -0.2) is 0 Å². The van der Waals surface area contributed by atoms with Gasteiger partial charge in [0.15, 0.2) is 5.78 Å². The van der Waals surface area contributed by atoms with E-state index in [1.54, 1.807) is 0 Å². The van der Waals surface area contributed by atoms with Gasteiger partial charge < -0.3 is 20.2 Å². The number of ether oxygens (including phenoxy) is 1. The van der Waals surface area contributed by atoms with E-state index < -0.39 is 23.0 Å². The number of fused-ring (bicyclic) bond motifs is 5. The second-order valence-corrected chi connectivity index (χ2v) is 12.8. The number of ketones is 1. The van der Waals surface area contributed by atoms with Gasteiger partial charge in [0, 0.05) is 5.41 Å². The summed E-state index contributed by atoms with van der Waals surface area (Å²) in [5.74, 6) is 1.08. The van der Waals surface area contributed by atoms with Gasteiger partial charge in [-0.2, -0.15) is 5.06 Å². The van der Waals surface area contributed by atoms with Crippen molar-refractivity contribution in [2.24, 2.45) is 34.5 Å². The van der Waals surface area contributed by atoms with Crippen LogP contribution in [0.3, 0.4) is 0 Å². The molecule has 176 valence electrons. The van der Waals surface area contributed by atoms with Crippen LogP contribution in [0, 0.1) is 34.5 Å². The zero-order chi connectivity index (χ0) is 22.6.